The molecule has 0 radical (unpaired) electrons. The highest BCUT2D eigenvalue weighted by Gasteiger charge is 2.26. The molecule has 5 rings (SSSR count). The predicted octanol–water partition coefficient (Wildman–Crippen LogP) is 6.17. The molecule has 0 atom stereocenters. The van der Waals surface area contributed by atoms with Crippen molar-refractivity contribution in [2.24, 2.45) is 0 Å². The first-order chi connectivity index (χ1) is 16.2. The lowest BCUT2D eigenvalue weighted by Gasteiger charge is -2.42. The zero-order valence-corrected chi connectivity index (χ0v) is 19.1. The van der Waals surface area contributed by atoms with E-state index in [1.165, 1.54) is 43.2 Å². The molecule has 170 valence electrons. The van der Waals surface area contributed by atoms with Gasteiger partial charge in [0.1, 0.15) is 0 Å². The van der Waals surface area contributed by atoms with E-state index < -0.39 is 5.97 Å². The summed E-state index contributed by atoms with van der Waals surface area (Å²) in [4.78, 5) is 16.8. The molecular weight excluding hydrogens is 408 g/mol. The minimum absolute atomic E-state index is 0.351. The molecule has 0 bridgehead atoms. The summed E-state index contributed by atoms with van der Waals surface area (Å²) in [6.07, 6.45) is 6.75. The van der Waals surface area contributed by atoms with Gasteiger partial charge >= 0.3 is 5.97 Å². The van der Waals surface area contributed by atoms with Gasteiger partial charge in [0.25, 0.3) is 0 Å². The molecule has 4 nitrogen and oxygen atoms in total. The maximum atomic E-state index is 11.7. The fraction of sp³-hybridized carbons (Fsp3) is 0.345. The number of anilines is 1. The van der Waals surface area contributed by atoms with Gasteiger partial charge in [-0.2, -0.15) is 0 Å². The Morgan fingerprint density at radius 2 is 1.36 bits per heavy atom. The molecule has 0 amide bonds. The molecule has 1 saturated heterocycles. The number of piperazine rings is 1. The third-order valence-corrected chi connectivity index (χ3v) is 7.29. The Hall–Kier alpha value is -3.11. The fourth-order valence-corrected chi connectivity index (χ4v) is 5.42. The molecule has 2 fully saturated rings. The molecule has 3 aromatic rings. The van der Waals surface area contributed by atoms with E-state index in [1.807, 2.05) is 18.2 Å². The van der Waals surface area contributed by atoms with Crippen molar-refractivity contribution in [3.8, 4) is 22.3 Å². The first-order valence-corrected chi connectivity index (χ1v) is 12.2. The van der Waals surface area contributed by atoms with Crippen LogP contribution in [0.15, 0.2) is 72.8 Å². The van der Waals surface area contributed by atoms with Crippen molar-refractivity contribution in [2.75, 3.05) is 31.1 Å². The van der Waals surface area contributed by atoms with Crippen molar-refractivity contribution >= 4 is 11.7 Å². The van der Waals surface area contributed by atoms with Crippen LogP contribution >= 0.6 is 0 Å². The molecular formula is C29H32N2O2. The van der Waals surface area contributed by atoms with Gasteiger partial charge in [-0.1, -0.05) is 79.9 Å². The highest BCUT2D eigenvalue weighted by atomic mass is 16.4. The van der Waals surface area contributed by atoms with Gasteiger partial charge in [0, 0.05) is 43.5 Å². The maximum Gasteiger partial charge on any atom is 0.335 e. The van der Waals surface area contributed by atoms with E-state index in [0.29, 0.717) is 5.56 Å². The summed E-state index contributed by atoms with van der Waals surface area (Å²) in [7, 11) is 0. The minimum Gasteiger partial charge on any atom is -0.478 e. The molecule has 1 heterocycles. The van der Waals surface area contributed by atoms with Crippen LogP contribution in [-0.4, -0.2) is 48.2 Å². The van der Waals surface area contributed by atoms with Crippen molar-refractivity contribution in [1.29, 1.82) is 0 Å². The lowest BCUT2D eigenvalue weighted by atomic mass is 9.93. The van der Waals surface area contributed by atoms with E-state index in [2.05, 4.69) is 58.3 Å². The Labute approximate surface area is 196 Å². The van der Waals surface area contributed by atoms with Crippen LogP contribution < -0.4 is 4.90 Å². The highest BCUT2D eigenvalue weighted by Crippen LogP contribution is 2.35. The summed E-state index contributed by atoms with van der Waals surface area (Å²) in [6, 6.07) is 25.3. The van der Waals surface area contributed by atoms with E-state index in [4.69, 9.17) is 0 Å². The van der Waals surface area contributed by atoms with E-state index in [0.717, 1.165) is 49.0 Å². The molecule has 0 unspecified atom stereocenters. The standard InChI is InChI=1S/C29H32N2O2/c32-29(33)25-15-16-27(24-13-11-23(12-14-24)22-7-3-1-4-8-22)28(21-25)31-19-17-30(18-20-31)26-9-5-2-6-10-26/h1,3-4,7-8,11-16,21,26H,2,5-6,9-10,17-20H2,(H,32,33). The van der Waals surface area contributed by atoms with E-state index in [9.17, 15) is 9.90 Å². The Morgan fingerprint density at radius 3 is 2.03 bits per heavy atom. The first-order valence-electron chi connectivity index (χ1n) is 12.2. The smallest absolute Gasteiger partial charge is 0.335 e. The van der Waals surface area contributed by atoms with Crippen LogP contribution in [0.3, 0.4) is 0 Å². The zero-order chi connectivity index (χ0) is 22.6. The van der Waals surface area contributed by atoms with Crippen LogP contribution in [0.4, 0.5) is 5.69 Å². The second-order valence-corrected chi connectivity index (χ2v) is 9.30. The van der Waals surface area contributed by atoms with Gasteiger partial charge in [0.2, 0.25) is 0 Å². The van der Waals surface area contributed by atoms with Crippen LogP contribution in [-0.2, 0) is 0 Å². The minimum atomic E-state index is -0.872. The Kier molecular flexibility index (Phi) is 6.45. The summed E-state index contributed by atoms with van der Waals surface area (Å²) >= 11 is 0. The Balaban J connectivity index is 1.40. The van der Waals surface area contributed by atoms with Crippen molar-refractivity contribution in [1.82, 2.24) is 4.90 Å². The number of carboxylic acid groups (broad SMARTS) is 1. The van der Waals surface area contributed by atoms with Gasteiger partial charge in [-0.25, -0.2) is 4.79 Å². The number of nitrogens with zero attached hydrogens (tertiary/aromatic N) is 2. The summed E-state index contributed by atoms with van der Waals surface area (Å²) in [5, 5.41) is 9.62. The SMILES string of the molecule is O=C(O)c1ccc(-c2ccc(-c3ccccc3)cc2)c(N2CCN(C3CCCCC3)CC2)c1. The van der Waals surface area contributed by atoms with Crippen LogP contribution in [0.25, 0.3) is 22.3 Å². The summed E-state index contributed by atoms with van der Waals surface area (Å²) in [5.74, 6) is -0.872. The van der Waals surface area contributed by atoms with Gasteiger partial charge in [0.05, 0.1) is 5.56 Å². The van der Waals surface area contributed by atoms with Gasteiger partial charge in [-0.15, -0.1) is 0 Å². The molecule has 1 saturated carbocycles. The Morgan fingerprint density at radius 1 is 0.727 bits per heavy atom. The molecule has 0 aromatic heterocycles. The number of hydrogen-bond donors (Lipinski definition) is 1. The van der Waals surface area contributed by atoms with E-state index in [1.54, 1.807) is 6.07 Å². The van der Waals surface area contributed by atoms with Gasteiger partial charge in [0.15, 0.2) is 0 Å². The highest BCUT2D eigenvalue weighted by molar-refractivity contribution is 5.92. The molecule has 2 aliphatic rings. The van der Waals surface area contributed by atoms with E-state index >= 15 is 0 Å². The lowest BCUT2D eigenvalue weighted by Crippen LogP contribution is -2.51. The van der Waals surface area contributed by atoms with Crippen LogP contribution in [0.1, 0.15) is 42.5 Å². The molecule has 1 aliphatic heterocycles. The van der Waals surface area contributed by atoms with Crippen molar-refractivity contribution in [3.63, 3.8) is 0 Å². The van der Waals surface area contributed by atoms with Crippen LogP contribution in [0.2, 0.25) is 0 Å². The molecule has 0 spiro atoms. The van der Waals surface area contributed by atoms with Gasteiger partial charge in [-0.3, -0.25) is 4.90 Å². The topological polar surface area (TPSA) is 43.8 Å². The number of aromatic carboxylic acids is 1. The quantitative estimate of drug-likeness (QED) is 0.515. The van der Waals surface area contributed by atoms with Gasteiger partial charge < -0.3 is 10.0 Å². The maximum absolute atomic E-state index is 11.7. The number of rotatable bonds is 5. The van der Waals surface area contributed by atoms with Crippen LogP contribution in [0.5, 0.6) is 0 Å². The lowest BCUT2D eigenvalue weighted by molar-refractivity contribution is 0.0697. The fourth-order valence-electron chi connectivity index (χ4n) is 5.42. The largest absolute Gasteiger partial charge is 0.478 e. The van der Waals surface area contributed by atoms with Crippen molar-refractivity contribution in [3.05, 3.63) is 78.4 Å². The second kappa shape index (κ2) is 9.80. The van der Waals surface area contributed by atoms with E-state index in [-0.39, 0.29) is 0 Å². The number of carbonyl (C=O) groups is 1. The predicted molar refractivity (Wildman–Crippen MR) is 135 cm³/mol. The molecule has 1 N–H and O–H groups in total. The normalized spacial score (nSPS) is 17.8. The summed E-state index contributed by atoms with van der Waals surface area (Å²) in [5.41, 5.74) is 5.99. The van der Waals surface area contributed by atoms with Crippen LogP contribution in [0, 0.1) is 0 Å². The first kappa shape index (κ1) is 21.7. The van der Waals surface area contributed by atoms with Gasteiger partial charge in [-0.05, 0) is 41.7 Å². The number of hydrogen-bond acceptors (Lipinski definition) is 3. The molecule has 4 heteroatoms. The zero-order valence-electron chi connectivity index (χ0n) is 19.1. The van der Waals surface area contributed by atoms with Crippen molar-refractivity contribution < 1.29 is 9.90 Å². The molecule has 1 aliphatic carbocycles. The third-order valence-electron chi connectivity index (χ3n) is 7.29. The molecule has 3 aromatic carbocycles. The monoisotopic (exact) mass is 440 g/mol. The average Bonchev–Trinajstić information content (AvgIpc) is 2.89. The number of benzene rings is 3. The molecule has 33 heavy (non-hydrogen) atoms. The third kappa shape index (κ3) is 4.81. The average molecular weight is 441 g/mol. The number of carboxylic acids is 1. The summed E-state index contributed by atoms with van der Waals surface area (Å²) in [6.45, 7) is 3.98. The Bertz CT molecular complexity index is 1080. The summed E-state index contributed by atoms with van der Waals surface area (Å²) < 4.78 is 0. The second-order valence-electron chi connectivity index (χ2n) is 9.30. The van der Waals surface area contributed by atoms with Crippen molar-refractivity contribution in [2.45, 2.75) is 38.1 Å².